The van der Waals surface area contributed by atoms with Gasteiger partial charge in [0.05, 0.1) is 23.2 Å². The Hall–Kier alpha value is -1.32. The third-order valence-electron chi connectivity index (χ3n) is 3.65. The van der Waals surface area contributed by atoms with Crippen LogP contribution in [0.5, 0.6) is 0 Å². The Morgan fingerprint density at radius 2 is 2.04 bits per heavy atom. The van der Waals surface area contributed by atoms with Crippen LogP contribution in [0.15, 0.2) is 28.1 Å². The van der Waals surface area contributed by atoms with Crippen LogP contribution in [0, 0.1) is 0 Å². The zero-order valence-corrected chi connectivity index (χ0v) is 14.7. The number of halogens is 4. The van der Waals surface area contributed by atoms with Crippen LogP contribution in [0.3, 0.4) is 0 Å². The fourth-order valence-corrected chi connectivity index (χ4v) is 3.97. The van der Waals surface area contributed by atoms with Crippen molar-refractivity contribution >= 4 is 27.5 Å². The standard InChI is InChI=1S/C14H16ClF3N2O3S/c1-8-7-19-13(23-8)9(2)20(3)24(21,22)12-5-4-10(6-11(12)15)14(16,17)18/h4-6,8-9H,7H2,1-3H3/t8-,9?/m0/s1. The number of rotatable bonds is 4. The fourth-order valence-electron chi connectivity index (χ4n) is 2.13. The molecular formula is C14H16ClF3N2O3S. The first-order valence-electron chi connectivity index (χ1n) is 7.00. The summed E-state index contributed by atoms with van der Waals surface area (Å²) in [5.74, 6) is 0.261. The summed E-state index contributed by atoms with van der Waals surface area (Å²) >= 11 is 5.78. The molecule has 24 heavy (non-hydrogen) atoms. The molecule has 1 aromatic carbocycles. The third-order valence-corrected chi connectivity index (χ3v) is 6.06. The highest BCUT2D eigenvalue weighted by Crippen LogP contribution is 2.34. The molecule has 2 rings (SSSR count). The fraction of sp³-hybridized carbons (Fsp3) is 0.500. The number of ether oxygens (including phenoxy) is 1. The van der Waals surface area contributed by atoms with Gasteiger partial charge in [-0.05, 0) is 32.0 Å². The largest absolute Gasteiger partial charge is 0.475 e. The Labute approximate surface area is 143 Å². The Balaban J connectivity index is 2.33. The second-order valence-corrected chi connectivity index (χ2v) is 7.82. The van der Waals surface area contributed by atoms with Gasteiger partial charge < -0.3 is 4.74 Å². The zero-order valence-electron chi connectivity index (χ0n) is 13.1. The van der Waals surface area contributed by atoms with Crippen molar-refractivity contribution in [3.05, 3.63) is 28.8 Å². The minimum Gasteiger partial charge on any atom is -0.475 e. The maximum atomic E-state index is 12.7. The smallest absolute Gasteiger partial charge is 0.416 e. The maximum absolute atomic E-state index is 12.7. The Morgan fingerprint density at radius 1 is 1.42 bits per heavy atom. The predicted octanol–water partition coefficient (Wildman–Crippen LogP) is 3.19. The number of likely N-dealkylation sites (N-methyl/N-ethyl adjacent to an activating group) is 1. The summed E-state index contributed by atoms with van der Waals surface area (Å²) in [4.78, 5) is 3.72. The summed E-state index contributed by atoms with van der Waals surface area (Å²) in [5.41, 5.74) is -1.01. The van der Waals surface area contributed by atoms with Crippen molar-refractivity contribution in [2.45, 2.75) is 37.1 Å². The third kappa shape index (κ3) is 3.68. The van der Waals surface area contributed by atoms with Gasteiger partial charge in [0.25, 0.3) is 0 Å². The molecule has 0 saturated carbocycles. The minimum absolute atomic E-state index is 0.145. The van der Waals surface area contributed by atoms with E-state index in [0.29, 0.717) is 18.7 Å². The van der Waals surface area contributed by atoms with Gasteiger partial charge in [-0.1, -0.05) is 11.6 Å². The Bertz CT molecular complexity index is 765. The van der Waals surface area contributed by atoms with Crippen molar-refractivity contribution in [1.82, 2.24) is 4.31 Å². The van der Waals surface area contributed by atoms with E-state index in [4.69, 9.17) is 16.3 Å². The number of hydrogen-bond acceptors (Lipinski definition) is 4. The Morgan fingerprint density at radius 3 is 2.50 bits per heavy atom. The van der Waals surface area contributed by atoms with Crippen LogP contribution in [0.4, 0.5) is 13.2 Å². The molecule has 0 fully saturated rings. The molecule has 0 amide bonds. The summed E-state index contributed by atoms with van der Waals surface area (Å²) in [7, 11) is -2.82. The quantitative estimate of drug-likeness (QED) is 0.801. The van der Waals surface area contributed by atoms with Gasteiger partial charge in [0.15, 0.2) is 0 Å². The second-order valence-electron chi connectivity index (χ2n) is 5.45. The van der Waals surface area contributed by atoms with Crippen LogP contribution in [0.2, 0.25) is 5.02 Å². The van der Waals surface area contributed by atoms with Gasteiger partial charge in [0.2, 0.25) is 15.9 Å². The van der Waals surface area contributed by atoms with Gasteiger partial charge in [0.1, 0.15) is 11.0 Å². The predicted molar refractivity (Wildman–Crippen MR) is 83.7 cm³/mol. The van der Waals surface area contributed by atoms with Gasteiger partial charge in [-0.25, -0.2) is 8.42 Å². The van der Waals surface area contributed by atoms with E-state index in [1.807, 2.05) is 0 Å². The van der Waals surface area contributed by atoms with E-state index in [0.717, 1.165) is 10.4 Å². The van der Waals surface area contributed by atoms with Crippen LogP contribution >= 0.6 is 11.6 Å². The van der Waals surface area contributed by atoms with Crippen LogP contribution in [-0.2, 0) is 20.9 Å². The molecule has 0 N–H and O–H groups in total. The van der Waals surface area contributed by atoms with E-state index < -0.39 is 37.7 Å². The van der Waals surface area contributed by atoms with Crippen LogP contribution in [-0.4, -0.2) is 44.4 Å². The molecule has 1 aliphatic rings. The van der Waals surface area contributed by atoms with Gasteiger partial charge >= 0.3 is 6.18 Å². The molecule has 0 radical (unpaired) electrons. The summed E-state index contributed by atoms with van der Waals surface area (Å²) in [6, 6.07) is 1.42. The summed E-state index contributed by atoms with van der Waals surface area (Å²) in [5, 5.41) is -0.494. The molecule has 0 aliphatic carbocycles. The van der Waals surface area contributed by atoms with Crippen molar-refractivity contribution < 1.29 is 26.3 Å². The molecule has 10 heteroatoms. The molecule has 2 atom stereocenters. The molecule has 0 bridgehead atoms. The highest BCUT2D eigenvalue weighted by atomic mass is 35.5. The first-order valence-corrected chi connectivity index (χ1v) is 8.82. The lowest BCUT2D eigenvalue weighted by atomic mass is 10.2. The molecule has 1 heterocycles. The van der Waals surface area contributed by atoms with Crippen molar-refractivity contribution in [1.29, 1.82) is 0 Å². The SMILES string of the molecule is CC(C1=NC[C@H](C)O1)N(C)S(=O)(=O)c1ccc(C(F)(F)F)cc1Cl. The first-order chi connectivity index (χ1) is 10.9. The van der Waals surface area contributed by atoms with Crippen LogP contribution in [0.25, 0.3) is 0 Å². The molecule has 0 aromatic heterocycles. The molecule has 5 nitrogen and oxygen atoms in total. The van der Waals surface area contributed by atoms with Gasteiger partial charge in [-0.2, -0.15) is 17.5 Å². The monoisotopic (exact) mass is 384 g/mol. The van der Waals surface area contributed by atoms with Gasteiger partial charge in [-0.3, -0.25) is 4.99 Å². The van der Waals surface area contributed by atoms with Gasteiger partial charge in [-0.15, -0.1) is 0 Å². The highest BCUT2D eigenvalue weighted by Gasteiger charge is 2.35. The average molecular weight is 385 g/mol. The normalized spacial score (nSPS) is 20.0. The first kappa shape index (κ1) is 19.0. The number of alkyl halides is 3. The van der Waals surface area contributed by atoms with Gasteiger partial charge in [0, 0.05) is 7.05 Å². The topological polar surface area (TPSA) is 59.0 Å². The molecule has 1 aromatic rings. The van der Waals surface area contributed by atoms with Crippen molar-refractivity contribution in [2.75, 3.05) is 13.6 Å². The number of benzene rings is 1. The van der Waals surface area contributed by atoms with E-state index in [1.54, 1.807) is 13.8 Å². The van der Waals surface area contributed by atoms with Crippen LogP contribution in [0.1, 0.15) is 19.4 Å². The minimum atomic E-state index is -4.60. The molecule has 1 unspecified atom stereocenters. The number of nitrogens with zero attached hydrogens (tertiary/aromatic N) is 2. The van der Waals surface area contributed by atoms with Crippen molar-refractivity contribution in [3.8, 4) is 0 Å². The summed E-state index contributed by atoms with van der Waals surface area (Å²) < 4.78 is 69.7. The number of aliphatic imine (C=N–C) groups is 1. The van der Waals surface area contributed by atoms with E-state index in [2.05, 4.69) is 4.99 Å². The maximum Gasteiger partial charge on any atom is 0.416 e. The molecular weight excluding hydrogens is 369 g/mol. The molecule has 134 valence electrons. The number of hydrogen-bond donors (Lipinski definition) is 0. The van der Waals surface area contributed by atoms with E-state index in [9.17, 15) is 21.6 Å². The number of sulfonamides is 1. The lowest BCUT2D eigenvalue weighted by Gasteiger charge is -2.25. The van der Waals surface area contributed by atoms with Crippen molar-refractivity contribution in [3.63, 3.8) is 0 Å². The summed E-state index contributed by atoms with van der Waals surface area (Å²) in [6.07, 6.45) is -4.75. The molecule has 1 aliphatic heterocycles. The van der Waals surface area contributed by atoms with Crippen molar-refractivity contribution in [2.24, 2.45) is 4.99 Å². The lowest BCUT2D eigenvalue weighted by Crippen LogP contribution is -2.41. The van der Waals surface area contributed by atoms with E-state index in [-0.39, 0.29) is 12.0 Å². The second kappa shape index (κ2) is 6.53. The van der Waals surface area contributed by atoms with E-state index >= 15 is 0 Å². The highest BCUT2D eigenvalue weighted by molar-refractivity contribution is 7.89. The molecule has 0 saturated heterocycles. The van der Waals surface area contributed by atoms with E-state index in [1.165, 1.54) is 7.05 Å². The summed E-state index contributed by atoms with van der Waals surface area (Å²) in [6.45, 7) is 3.80. The van der Waals surface area contributed by atoms with Crippen LogP contribution < -0.4 is 0 Å². The molecule has 0 spiro atoms. The lowest BCUT2D eigenvalue weighted by molar-refractivity contribution is -0.137. The Kier molecular flexibility index (Phi) is 5.17. The zero-order chi connectivity index (χ0) is 18.3. The average Bonchev–Trinajstić information content (AvgIpc) is 2.91.